The number of aliphatic hydroxyl groups excluding tert-OH is 30. The van der Waals surface area contributed by atoms with Gasteiger partial charge in [0.1, 0.15) is 256 Å². The lowest BCUT2D eigenvalue weighted by atomic mass is 9.88. The molecule has 11 saturated heterocycles. The maximum atomic E-state index is 13.4. The first-order valence-electron chi connectivity index (χ1n) is 45.1. The van der Waals surface area contributed by atoms with E-state index in [9.17, 15) is 187 Å². The summed E-state index contributed by atoms with van der Waals surface area (Å²) in [5.41, 5.74) is 0. The monoisotopic (exact) mass is 2080 g/mol. The highest BCUT2D eigenvalue weighted by Crippen LogP contribution is 2.43. The molecular weight excluding hydrogens is 1950 g/mol. The first-order chi connectivity index (χ1) is 67.0. The van der Waals surface area contributed by atoms with E-state index in [1.165, 1.54) is 6.92 Å². The van der Waals surface area contributed by atoms with Gasteiger partial charge in [-0.05, 0) is 6.92 Å². The molecule has 63 nitrogen and oxygen atoms in total. The van der Waals surface area contributed by atoms with Gasteiger partial charge in [0.15, 0.2) is 62.9 Å². The first-order valence-corrected chi connectivity index (χ1v) is 45.1. The molecule has 0 unspecified atom stereocenters. The average Bonchev–Trinajstić information content (AvgIpc) is 0.763. The molecule has 0 aliphatic carbocycles. The van der Waals surface area contributed by atoms with Crippen molar-refractivity contribution in [3.05, 3.63) is 0 Å². The van der Waals surface area contributed by atoms with Crippen LogP contribution < -0.4 is 26.6 Å². The maximum Gasteiger partial charge on any atom is 0.364 e. The van der Waals surface area contributed by atoms with Crippen molar-refractivity contribution in [3.8, 4) is 0 Å². The lowest BCUT2D eigenvalue weighted by Gasteiger charge is -2.51. The normalized spacial score (nSPS) is 48.0. The van der Waals surface area contributed by atoms with Crippen molar-refractivity contribution in [2.45, 2.75) is 391 Å². The number of carbonyl (C=O) groups excluding carboxylic acids is 5. The summed E-state index contributed by atoms with van der Waals surface area (Å²) in [6.45, 7) is -6.30. The molecule has 11 fully saturated rings. The molecule has 0 radical (unpaired) electrons. The number of hydrogen-bond acceptors (Lipinski definition) is 57. The zero-order chi connectivity index (χ0) is 105. The Morgan fingerprint density at radius 1 is 0.303 bits per heavy atom. The Kier molecular flexibility index (Phi) is 41.7. The zero-order valence-corrected chi connectivity index (χ0v) is 76.4. The van der Waals surface area contributed by atoms with Crippen molar-refractivity contribution in [1.82, 2.24) is 26.6 Å². The predicted octanol–water partition coefficient (Wildman–Crippen LogP) is -24.0. The number of rotatable bonds is 38. The largest absolute Gasteiger partial charge is 0.477 e. The molecule has 11 aliphatic rings. The van der Waals surface area contributed by atoms with E-state index in [0.29, 0.717) is 0 Å². The van der Waals surface area contributed by atoms with Crippen LogP contribution in [-0.2, 0) is 128 Å². The fourth-order valence-electron chi connectivity index (χ4n) is 18.4. The molecule has 63 heteroatoms. The Morgan fingerprint density at radius 3 is 1.04 bits per heavy atom. The molecular formula is C79H131N5O58. The van der Waals surface area contributed by atoms with E-state index in [0.717, 1.165) is 34.6 Å². The Bertz CT molecular complexity index is 4010. The fraction of sp³-hybridized carbons (Fsp3) is 0.924. The van der Waals surface area contributed by atoms with Crippen LogP contribution in [0.25, 0.3) is 0 Å². The minimum Gasteiger partial charge on any atom is -0.477 e. The van der Waals surface area contributed by atoms with Crippen LogP contribution in [-0.4, -0.2) is 603 Å². The Hall–Kier alpha value is -5.22. The number of nitrogens with one attached hydrogen (secondary N) is 5. The smallest absolute Gasteiger partial charge is 0.364 e. The molecule has 56 atom stereocenters. The van der Waals surface area contributed by atoms with Gasteiger partial charge in [-0.1, -0.05) is 0 Å². The predicted molar refractivity (Wildman–Crippen MR) is 436 cm³/mol. The van der Waals surface area contributed by atoms with Gasteiger partial charge in [0.2, 0.25) is 29.5 Å². The number of amides is 5. The number of ether oxygens (including phenoxy) is 21. The van der Waals surface area contributed by atoms with E-state index >= 15 is 0 Å². The second-order valence-corrected chi connectivity index (χ2v) is 36.0. The lowest BCUT2D eigenvalue weighted by Crippen LogP contribution is -2.71. The van der Waals surface area contributed by atoms with Gasteiger partial charge in [-0.3, -0.25) is 24.0 Å². The summed E-state index contributed by atoms with van der Waals surface area (Å²) in [6.07, 6.45) is -110. The van der Waals surface area contributed by atoms with Crippen LogP contribution in [0.15, 0.2) is 0 Å². The Morgan fingerprint density at radius 2 is 0.620 bits per heavy atom. The van der Waals surface area contributed by atoms with Crippen LogP contribution in [0.4, 0.5) is 0 Å². The van der Waals surface area contributed by atoms with Crippen LogP contribution in [0.3, 0.4) is 0 Å². The van der Waals surface area contributed by atoms with Crippen LogP contribution in [0.2, 0.25) is 0 Å². The van der Waals surface area contributed by atoms with Gasteiger partial charge in [-0.25, -0.2) is 4.79 Å². The minimum atomic E-state index is -3.12. The molecule has 11 aliphatic heterocycles. The summed E-state index contributed by atoms with van der Waals surface area (Å²) in [6, 6.07) is -9.73. The van der Waals surface area contributed by atoms with Crippen molar-refractivity contribution >= 4 is 35.5 Å². The van der Waals surface area contributed by atoms with Crippen LogP contribution in [0.1, 0.15) is 48.0 Å². The fourth-order valence-corrected chi connectivity index (χ4v) is 18.4. The van der Waals surface area contributed by atoms with Crippen molar-refractivity contribution in [2.75, 3.05) is 66.1 Å². The van der Waals surface area contributed by atoms with Crippen molar-refractivity contribution < 1.29 is 287 Å². The SMILES string of the molecule is CC(=O)N[C@@H]1[C@@H](O[C@@H]2O[C@@H](C)[C@@H](O)[C@@H](O)[C@@H]2O)[C@H](O[C@@H]2O[C@H](CO)[C@@H](O[C@@H]3O[C@H](CO[C@H]4O[C@H](CO)[C@@H](O)[C@H](O)[C@@H]4O[C@@H]4O[C@H](CO)[C@@H](O[C@@H]5O[C@H](CO)[C@H](O)[C@H](O)[C@H]5O)[C@H](O)[C@H]4NC(C)=O)[C@@H](O)[C@H](O[C@H]4O[C@H](CO)[C@@H](O)[C@H](O)[C@@H]4O[C@@H]4O[C@H](CO)[C@@H](O[C@@H]5O[C@H](CO[C@]6(C(=O)O)C[C@H](O)[C@@H](NC(C)=O)[C@H]([C@H](O)[C@H](O)CO)O6)[C@H](O)[C@H](O)[C@H]5O)[C@H](O)[C@H]4NC(C)=O)[C@@H]3O)[C@H](O)[C@H]2NC(C)=O)[C@@H](CO)O[C@H]1O. The highest BCUT2D eigenvalue weighted by atomic mass is 16.8. The summed E-state index contributed by atoms with van der Waals surface area (Å²) >= 11 is 0. The maximum absolute atomic E-state index is 13.4. The molecule has 0 bridgehead atoms. The van der Waals surface area contributed by atoms with Crippen LogP contribution >= 0.6 is 0 Å². The van der Waals surface area contributed by atoms with Crippen molar-refractivity contribution in [2.24, 2.45) is 0 Å². The standard InChI is InChI=1S/C79H131N5O58/c1-18-40(100)50(110)55(115)72(124-18)138-64-39(84-23(6)97)68(119)125-32(15-92)62(64)137-69-36(81-20(3)94)47(107)61(31(14-91)129-69)136-75-58(118)65(46(106)33(132-75)16-122-76-66(53(113)43(103)27(10-87)127-76)140-70-37(82-21(4)95)48(108)59(29(12-89)130-70)134-73-56(116)51(111)42(102)26(9-86)126-73)139-77-67(54(114)44(104)28(11-88)128-77)141-71-38(83-22(5)96)49(109)60(30(13-90)131-71)135-74-57(117)52(112)45(105)34(133-74)17-123-79(78(120)121)7-24(98)35(80-19(2)93)63(142-79)41(101)25(99)8-85/h18,24-77,85-92,98-119H,7-17H2,1-6H3,(H,80,93)(H,81,94)(H,82,95)(H,83,96)(H,84,97)(H,120,121)/t18-,24-,25+,26+,27+,28+,29+,30+,31+,32+,33+,34+,35+,36+,37+,38+,39+,40+,41+,42-,43+,44+,45-,46+,47+,48+,49+,50+,51-,52-,53-,54-,55-,56+,57+,58-,59+,60+,61+,62+,63+,64+,65-,66-,67-,68+,69-,70-,71-,72-,73-,74-,75-,76-,77+,79+/m0/s1. The summed E-state index contributed by atoms with van der Waals surface area (Å²) in [7, 11) is 0. The number of aliphatic hydroxyl groups is 30. The summed E-state index contributed by atoms with van der Waals surface area (Å²) in [4.78, 5) is 77.9. The third-order valence-corrected chi connectivity index (χ3v) is 25.9. The van der Waals surface area contributed by atoms with E-state index in [1.54, 1.807) is 0 Å². The molecule has 0 aromatic carbocycles. The van der Waals surface area contributed by atoms with Crippen molar-refractivity contribution in [1.29, 1.82) is 0 Å². The number of carboxylic acid groups (broad SMARTS) is 1. The lowest BCUT2D eigenvalue weighted by molar-refractivity contribution is -0.400. The highest BCUT2D eigenvalue weighted by Gasteiger charge is 2.64. The number of carboxylic acids is 1. The third kappa shape index (κ3) is 25.8. The molecule has 36 N–H and O–H groups in total. The summed E-state index contributed by atoms with van der Waals surface area (Å²) in [5, 5.41) is 360. The second kappa shape index (κ2) is 50.6. The van der Waals surface area contributed by atoms with Gasteiger partial charge in [-0.15, -0.1) is 0 Å². The summed E-state index contributed by atoms with van der Waals surface area (Å²) in [5.74, 6) is -10.0. The molecule has 11 rings (SSSR count). The molecule has 0 aromatic heterocycles. The van der Waals surface area contributed by atoms with Crippen LogP contribution in [0, 0.1) is 0 Å². The highest BCUT2D eigenvalue weighted by molar-refractivity contribution is 5.77. The number of aliphatic carboxylic acids is 1. The van der Waals surface area contributed by atoms with Gasteiger partial charge in [0, 0.05) is 41.0 Å². The molecule has 0 aromatic rings. The second-order valence-electron chi connectivity index (χ2n) is 36.0. The molecule has 820 valence electrons. The summed E-state index contributed by atoms with van der Waals surface area (Å²) < 4.78 is 126. The third-order valence-electron chi connectivity index (χ3n) is 25.9. The molecule has 142 heavy (non-hydrogen) atoms. The molecule has 0 saturated carbocycles. The minimum absolute atomic E-state index is 0.848. The van der Waals surface area contributed by atoms with Gasteiger partial charge >= 0.3 is 5.97 Å². The molecule has 0 spiro atoms. The topological polar surface area (TPSA) is 984 Å². The van der Waals surface area contributed by atoms with Gasteiger partial charge < -0.3 is 284 Å². The van der Waals surface area contributed by atoms with Crippen LogP contribution in [0.5, 0.6) is 0 Å². The average molecular weight is 2080 g/mol. The number of carbonyl (C=O) groups is 6. The van der Waals surface area contributed by atoms with Crippen molar-refractivity contribution in [3.63, 3.8) is 0 Å². The van der Waals surface area contributed by atoms with E-state index in [4.69, 9.17) is 99.5 Å². The molecule has 5 amide bonds. The van der Waals surface area contributed by atoms with Gasteiger partial charge in [0.25, 0.3) is 5.79 Å². The first kappa shape index (κ1) is 117. The van der Waals surface area contributed by atoms with E-state index < -0.39 is 451 Å². The quantitative estimate of drug-likeness (QED) is 0.0273. The zero-order valence-electron chi connectivity index (χ0n) is 76.4. The Balaban J connectivity index is 0.915. The Labute approximate surface area is 803 Å². The van der Waals surface area contributed by atoms with Gasteiger partial charge in [0.05, 0.1) is 84.3 Å². The van der Waals surface area contributed by atoms with E-state index in [-0.39, 0.29) is 0 Å². The van der Waals surface area contributed by atoms with E-state index in [1.807, 2.05) is 0 Å². The van der Waals surface area contributed by atoms with E-state index in [2.05, 4.69) is 26.6 Å². The molecule has 11 heterocycles. The number of hydrogen-bond donors (Lipinski definition) is 36. The van der Waals surface area contributed by atoms with Gasteiger partial charge in [-0.2, -0.15) is 0 Å².